The number of nitrogens with one attached hydrogen (secondary N) is 1. The summed E-state index contributed by atoms with van der Waals surface area (Å²) in [6.07, 6.45) is -3.79. The number of rotatable bonds is 6. The van der Waals surface area contributed by atoms with Crippen LogP contribution in [0.3, 0.4) is 0 Å². The first kappa shape index (κ1) is 23.9. The Hall–Kier alpha value is -3.26. The van der Waals surface area contributed by atoms with Crippen LogP contribution in [-0.2, 0) is 17.4 Å². The topological polar surface area (TPSA) is 49.4 Å². The molecule has 1 N–H and O–H groups in total. The molecule has 34 heavy (non-hydrogen) atoms. The van der Waals surface area contributed by atoms with E-state index in [4.69, 9.17) is 0 Å². The van der Waals surface area contributed by atoms with Gasteiger partial charge in [-0.3, -0.25) is 9.59 Å². The quantitative estimate of drug-likeness (QED) is 0.515. The van der Waals surface area contributed by atoms with Gasteiger partial charge in [-0.1, -0.05) is 60.7 Å². The maximum Gasteiger partial charge on any atom is 0.416 e. The lowest BCUT2D eigenvalue weighted by molar-refractivity contribution is -0.137. The number of nitrogens with zero attached hydrogens (tertiary/aromatic N) is 1. The molecule has 2 unspecified atom stereocenters. The van der Waals surface area contributed by atoms with Crippen molar-refractivity contribution in [1.29, 1.82) is 0 Å². The van der Waals surface area contributed by atoms with E-state index in [9.17, 15) is 22.8 Å². The second-order valence-electron chi connectivity index (χ2n) is 7.93. The molecule has 1 aliphatic heterocycles. The Bertz CT molecular complexity index is 1120. The SMILES string of the molecule is O=C(NCCc1ccccc1)C1CSC(c2ccc(C(F)(F)F)cc2)N1C(=O)c1ccccc1. The predicted molar refractivity (Wildman–Crippen MR) is 126 cm³/mol. The number of thioether (sulfide) groups is 1. The third-order valence-corrected chi connectivity index (χ3v) is 6.96. The first-order valence-corrected chi connectivity index (χ1v) is 11.9. The number of carbonyl (C=O) groups is 2. The second kappa shape index (κ2) is 10.3. The van der Waals surface area contributed by atoms with Crippen LogP contribution in [0.4, 0.5) is 13.2 Å². The minimum Gasteiger partial charge on any atom is -0.354 e. The van der Waals surface area contributed by atoms with Crippen LogP contribution < -0.4 is 5.32 Å². The van der Waals surface area contributed by atoms with Crippen LogP contribution in [-0.4, -0.2) is 35.1 Å². The van der Waals surface area contributed by atoms with E-state index in [1.165, 1.54) is 28.8 Å². The first-order valence-electron chi connectivity index (χ1n) is 10.8. The summed E-state index contributed by atoms with van der Waals surface area (Å²) in [6.45, 7) is 0.419. The molecule has 0 spiro atoms. The lowest BCUT2D eigenvalue weighted by atomic mass is 10.1. The fraction of sp³-hybridized carbons (Fsp3) is 0.231. The van der Waals surface area contributed by atoms with Crippen LogP contribution in [0.1, 0.15) is 32.4 Å². The second-order valence-corrected chi connectivity index (χ2v) is 9.04. The molecule has 1 fully saturated rings. The number of amides is 2. The maximum atomic E-state index is 13.4. The van der Waals surface area contributed by atoms with Gasteiger partial charge in [0.2, 0.25) is 5.91 Å². The molecule has 1 saturated heterocycles. The highest BCUT2D eigenvalue weighted by Crippen LogP contribution is 2.43. The molecule has 4 nitrogen and oxygen atoms in total. The van der Waals surface area contributed by atoms with Gasteiger partial charge in [-0.15, -0.1) is 11.8 Å². The third kappa shape index (κ3) is 5.44. The van der Waals surface area contributed by atoms with Crippen molar-refractivity contribution >= 4 is 23.6 Å². The van der Waals surface area contributed by atoms with Crippen LogP contribution in [0, 0.1) is 0 Å². The van der Waals surface area contributed by atoms with Gasteiger partial charge in [-0.05, 0) is 41.8 Å². The lowest BCUT2D eigenvalue weighted by Gasteiger charge is -2.29. The summed E-state index contributed by atoms with van der Waals surface area (Å²) >= 11 is 1.37. The Kier molecular flexibility index (Phi) is 7.26. The van der Waals surface area contributed by atoms with Gasteiger partial charge in [0.15, 0.2) is 0 Å². The highest BCUT2D eigenvalue weighted by Gasteiger charge is 2.42. The summed E-state index contributed by atoms with van der Waals surface area (Å²) in [7, 11) is 0. The summed E-state index contributed by atoms with van der Waals surface area (Å²) in [5.41, 5.74) is 1.30. The van der Waals surface area contributed by atoms with Gasteiger partial charge in [-0.25, -0.2) is 0 Å². The first-order chi connectivity index (χ1) is 16.3. The Labute approximate surface area is 200 Å². The average Bonchev–Trinajstić information content (AvgIpc) is 3.29. The monoisotopic (exact) mass is 484 g/mol. The minimum atomic E-state index is -4.44. The van der Waals surface area contributed by atoms with Gasteiger partial charge in [0.25, 0.3) is 5.91 Å². The predicted octanol–water partition coefficient (Wildman–Crippen LogP) is 5.32. The number of alkyl halides is 3. The Morgan fingerprint density at radius 2 is 1.53 bits per heavy atom. The van der Waals surface area contributed by atoms with Crippen molar-refractivity contribution in [3.63, 3.8) is 0 Å². The highest BCUT2D eigenvalue weighted by atomic mass is 32.2. The fourth-order valence-corrected chi connectivity index (χ4v) is 5.30. The summed E-state index contributed by atoms with van der Waals surface area (Å²) in [4.78, 5) is 28.0. The molecule has 1 aliphatic rings. The smallest absolute Gasteiger partial charge is 0.354 e. The molecule has 0 bridgehead atoms. The van der Waals surface area contributed by atoms with Gasteiger partial charge in [0, 0.05) is 17.9 Å². The van der Waals surface area contributed by atoms with Crippen LogP contribution in [0.5, 0.6) is 0 Å². The fourth-order valence-electron chi connectivity index (χ4n) is 3.87. The zero-order valence-electron chi connectivity index (χ0n) is 18.2. The van der Waals surface area contributed by atoms with Crippen LogP contribution in [0.15, 0.2) is 84.9 Å². The zero-order chi connectivity index (χ0) is 24.1. The van der Waals surface area contributed by atoms with Crippen molar-refractivity contribution < 1.29 is 22.8 Å². The van der Waals surface area contributed by atoms with Gasteiger partial charge in [-0.2, -0.15) is 13.2 Å². The summed E-state index contributed by atoms with van der Waals surface area (Å²) in [6, 6.07) is 22.4. The molecule has 176 valence electrons. The van der Waals surface area contributed by atoms with E-state index in [1.54, 1.807) is 30.3 Å². The molecule has 1 heterocycles. The van der Waals surface area contributed by atoms with E-state index >= 15 is 0 Å². The average molecular weight is 485 g/mol. The number of halogens is 3. The van der Waals surface area contributed by atoms with Crippen molar-refractivity contribution in [3.05, 3.63) is 107 Å². The van der Waals surface area contributed by atoms with Crippen molar-refractivity contribution in [2.75, 3.05) is 12.3 Å². The summed E-state index contributed by atoms with van der Waals surface area (Å²) in [5.74, 6) is -0.262. The van der Waals surface area contributed by atoms with Crippen molar-refractivity contribution in [2.45, 2.75) is 24.0 Å². The van der Waals surface area contributed by atoms with Gasteiger partial charge in [0.1, 0.15) is 11.4 Å². The molecular weight excluding hydrogens is 461 g/mol. The minimum absolute atomic E-state index is 0.276. The molecule has 2 atom stereocenters. The zero-order valence-corrected chi connectivity index (χ0v) is 19.0. The van der Waals surface area contributed by atoms with Crippen molar-refractivity contribution in [2.24, 2.45) is 0 Å². The normalized spacial score (nSPS) is 18.0. The summed E-state index contributed by atoms with van der Waals surface area (Å²) < 4.78 is 39.0. The van der Waals surface area contributed by atoms with Gasteiger partial charge >= 0.3 is 6.18 Å². The van der Waals surface area contributed by atoms with Crippen LogP contribution in [0.2, 0.25) is 0 Å². The van der Waals surface area contributed by atoms with E-state index in [0.29, 0.717) is 29.8 Å². The van der Waals surface area contributed by atoms with E-state index < -0.39 is 23.2 Å². The molecule has 0 saturated carbocycles. The van der Waals surface area contributed by atoms with Gasteiger partial charge in [0.05, 0.1) is 5.56 Å². The number of hydrogen-bond acceptors (Lipinski definition) is 3. The Morgan fingerprint density at radius 1 is 0.912 bits per heavy atom. The van der Waals surface area contributed by atoms with E-state index in [0.717, 1.165) is 17.7 Å². The standard InChI is InChI=1S/C26H23F3N2O2S/c27-26(28,29)21-13-11-20(12-14-21)25-31(24(33)19-9-5-2-6-10-19)22(17-34-25)23(32)30-16-15-18-7-3-1-4-8-18/h1-14,22,25H,15-17H2,(H,30,32). The molecular formula is C26H23F3N2O2S. The Morgan fingerprint density at radius 3 is 2.15 bits per heavy atom. The maximum absolute atomic E-state index is 13.4. The van der Waals surface area contributed by atoms with Gasteiger partial charge < -0.3 is 10.2 Å². The Balaban J connectivity index is 1.54. The van der Waals surface area contributed by atoms with E-state index in [2.05, 4.69) is 5.32 Å². The van der Waals surface area contributed by atoms with Crippen LogP contribution >= 0.6 is 11.8 Å². The lowest BCUT2D eigenvalue weighted by Crippen LogP contribution is -2.48. The molecule has 4 rings (SSSR count). The largest absolute Gasteiger partial charge is 0.416 e. The van der Waals surface area contributed by atoms with E-state index in [1.807, 2.05) is 30.3 Å². The molecule has 8 heteroatoms. The third-order valence-electron chi connectivity index (χ3n) is 5.64. The number of benzene rings is 3. The molecule has 3 aromatic carbocycles. The van der Waals surface area contributed by atoms with E-state index in [-0.39, 0.29) is 11.8 Å². The molecule has 3 aromatic rings. The van der Waals surface area contributed by atoms with Crippen molar-refractivity contribution in [3.8, 4) is 0 Å². The number of hydrogen-bond donors (Lipinski definition) is 1. The van der Waals surface area contributed by atoms with Crippen LogP contribution in [0.25, 0.3) is 0 Å². The highest BCUT2D eigenvalue weighted by molar-refractivity contribution is 7.99. The summed E-state index contributed by atoms with van der Waals surface area (Å²) in [5, 5.41) is 2.35. The molecule has 0 aliphatic carbocycles. The van der Waals surface area contributed by atoms with Crippen molar-refractivity contribution in [1.82, 2.24) is 10.2 Å². The number of carbonyl (C=O) groups excluding carboxylic acids is 2. The molecule has 2 amide bonds. The molecule has 0 aromatic heterocycles. The molecule has 0 radical (unpaired) electrons.